The number of benzene rings is 2. The number of hydrogen-bond acceptors (Lipinski definition) is 5. The molecule has 3 heterocycles. The van der Waals surface area contributed by atoms with Gasteiger partial charge in [0.1, 0.15) is 0 Å². The number of thiophene rings is 1. The molecule has 5 rings (SSSR count). The number of pyridine rings is 1. The van der Waals surface area contributed by atoms with Crippen LogP contribution in [0.15, 0.2) is 66.7 Å². The number of H-pyrrole nitrogens is 1. The fourth-order valence-corrected chi connectivity index (χ4v) is 5.11. The van der Waals surface area contributed by atoms with Crippen molar-refractivity contribution in [1.82, 2.24) is 15.2 Å². The summed E-state index contributed by atoms with van der Waals surface area (Å²) in [7, 11) is 0. The van der Waals surface area contributed by atoms with Crippen LogP contribution in [0.1, 0.15) is 21.8 Å². The predicted molar refractivity (Wildman–Crippen MR) is 138 cm³/mol. The third-order valence-corrected chi connectivity index (χ3v) is 6.97. The molecule has 1 atom stereocenters. The molecule has 3 aromatic heterocycles. The van der Waals surface area contributed by atoms with Crippen LogP contribution in [0.4, 0.5) is 5.69 Å². The van der Waals surface area contributed by atoms with Crippen LogP contribution in [-0.4, -0.2) is 21.2 Å². The maximum Gasteiger partial charge on any atom is 0.0924 e. The van der Waals surface area contributed by atoms with E-state index in [1.807, 2.05) is 31.2 Å². The summed E-state index contributed by atoms with van der Waals surface area (Å²) >= 11 is 1.74. The summed E-state index contributed by atoms with van der Waals surface area (Å²) in [6.07, 6.45) is 1.41. The van der Waals surface area contributed by atoms with Crippen molar-refractivity contribution in [2.45, 2.75) is 32.7 Å². The van der Waals surface area contributed by atoms with Crippen LogP contribution >= 0.6 is 11.3 Å². The van der Waals surface area contributed by atoms with Crippen LogP contribution in [0.5, 0.6) is 0 Å². The van der Waals surface area contributed by atoms with E-state index < -0.39 is 0 Å². The quantitative estimate of drug-likeness (QED) is 0.309. The molecule has 5 aromatic rings. The van der Waals surface area contributed by atoms with Crippen LogP contribution in [0, 0.1) is 13.8 Å². The lowest BCUT2D eigenvalue weighted by atomic mass is 9.97. The Morgan fingerprint density at radius 3 is 2.55 bits per heavy atom. The van der Waals surface area contributed by atoms with Gasteiger partial charge in [-0.1, -0.05) is 36.4 Å². The number of nitrogens with one attached hydrogen (secondary N) is 1. The second kappa shape index (κ2) is 8.81. The number of aromatic amines is 1. The summed E-state index contributed by atoms with van der Waals surface area (Å²) in [6.45, 7) is 4.15. The van der Waals surface area contributed by atoms with Crippen molar-refractivity contribution in [2.24, 2.45) is 5.73 Å². The van der Waals surface area contributed by atoms with Crippen LogP contribution in [0.2, 0.25) is 0 Å². The first-order chi connectivity index (χ1) is 16.0. The molecule has 0 radical (unpaired) electrons. The summed E-state index contributed by atoms with van der Waals surface area (Å²) in [5.74, 6) is 0. The standard InChI is InChI=1S/C27H27N5S/c1-16-8-11-26(33-16)27-22(19-9-10-24-21(13-19)17(2)31-32-24)15-23(29)25(30-27)14-20(28)12-18-6-4-3-5-7-18/h3-11,13,15,20H,12,14,28-29H2,1-2H3,(H,31,32)/t20-/m0/s1. The van der Waals surface area contributed by atoms with Crippen LogP contribution < -0.4 is 11.5 Å². The van der Waals surface area contributed by atoms with E-state index in [2.05, 4.69) is 59.6 Å². The highest BCUT2D eigenvalue weighted by Gasteiger charge is 2.18. The van der Waals surface area contributed by atoms with Gasteiger partial charge in [-0.2, -0.15) is 5.10 Å². The Labute approximate surface area is 197 Å². The van der Waals surface area contributed by atoms with Crippen LogP contribution in [0.3, 0.4) is 0 Å². The highest BCUT2D eigenvalue weighted by Crippen LogP contribution is 2.38. The number of fused-ring (bicyclic) bond motifs is 1. The van der Waals surface area contributed by atoms with Crippen molar-refractivity contribution in [3.05, 3.63) is 88.6 Å². The van der Waals surface area contributed by atoms with E-state index in [1.165, 1.54) is 10.4 Å². The molecule has 2 aromatic carbocycles. The molecule has 0 spiro atoms. The van der Waals surface area contributed by atoms with Crippen LogP contribution in [-0.2, 0) is 12.8 Å². The topological polar surface area (TPSA) is 93.6 Å². The van der Waals surface area contributed by atoms with Gasteiger partial charge in [0.05, 0.1) is 27.5 Å². The Kier molecular flexibility index (Phi) is 5.70. The maximum atomic E-state index is 6.54. The largest absolute Gasteiger partial charge is 0.397 e. The number of nitrogens with two attached hydrogens (primary N) is 2. The molecule has 0 aliphatic carbocycles. The monoisotopic (exact) mass is 453 g/mol. The molecule has 0 saturated heterocycles. The smallest absolute Gasteiger partial charge is 0.0924 e. The third kappa shape index (κ3) is 4.40. The number of rotatable bonds is 6. The van der Waals surface area contributed by atoms with Crippen molar-refractivity contribution in [1.29, 1.82) is 0 Å². The first kappa shape index (κ1) is 21.4. The molecule has 166 valence electrons. The van der Waals surface area contributed by atoms with Gasteiger partial charge in [-0.25, -0.2) is 4.98 Å². The Bertz CT molecular complexity index is 1420. The first-order valence-corrected chi connectivity index (χ1v) is 11.9. The molecule has 0 saturated carbocycles. The molecule has 33 heavy (non-hydrogen) atoms. The first-order valence-electron chi connectivity index (χ1n) is 11.1. The van der Waals surface area contributed by atoms with E-state index in [9.17, 15) is 0 Å². The minimum Gasteiger partial charge on any atom is -0.397 e. The maximum absolute atomic E-state index is 6.54. The van der Waals surface area contributed by atoms with Crippen molar-refractivity contribution in [3.63, 3.8) is 0 Å². The van der Waals surface area contributed by atoms with Crippen molar-refractivity contribution in [3.8, 4) is 21.7 Å². The van der Waals surface area contributed by atoms with E-state index in [0.717, 1.165) is 50.4 Å². The second-order valence-corrected chi connectivity index (χ2v) is 9.85. The SMILES string of the molecule is Cc1ccc(-c2nc(C[C@@H](N)Cc3ccccc3)c(N)cc2-c2ccc3n[nH]c(C)c3c2)s1. The van der Waals surface area contributed by atoms with Gasteiger partial charge in [0.2, 0.25) is 0 Å². The summed E-state index contributed by atoms with van der Waals surface area (Å²) in [5.41, 5.74) is 20.9. The van der Waals surface area contributed by atoms with Crippen molar-refractivity contribution in [2.75, 3.05) is 5.73 Å². The lowest BCUT2D eigenvalue weighted by Gasteiger charge is -2.16. The zero-order valence-electron chi connectivity index (χ0n) is 18.8. The molecule has 0 fully saturated rings. The van der Waals surface area contributed by atoms with Gasteiger partial charge in [0.25, 0.3) is 0 Å². The highest BCUT2D eigenvalue weighted by atomic mass is 32.1. The van der Waals surface area contributed by atoms with Gasteiger partial charge in [0.15, 0.2) is 0 Å². The van der Waals surface area contributed by atoms with Crippen molar-refractivity contribution < 1.29 is 0 Å². The number of nitrogens with zero attached hydrogens (tertiary/aromatic N) is 2. The lowest BCUT2D eigenvalue weighted by Crippen LogP contribution is -2.26. The number of hydrogen-bond donors (Lipinski definition) is 3. The van der Waals surface area contributed by atoms with Crippen molar-refractivity contribution >= 4 is 27.9 Å². The fraction of sp³-hybridized carbons (Fsp3) is 0.185. The minimum atomic E-state index is -0.0594. The van der Waals surface area contributed by atoms with Gasteiger partial charge in [-0.15, -0.1) is 11.3 Å². The molecular formula is C27H27N5S. The van der Waals surface area contributed by atoms with Gasteiger partial charge >= 0.3 is 0 Å². The molecule has 6 heteroatoms. The summed E-state index contributed by atoms with van der Waals surface area (Å²) in [5, 5.41) is 8.53. The number of aromatic nitrogens is 3. The normalized spacial score (nSPS) is 12.3. The number of nitrogen functional groups attached to an aromatic ring is 1. The summed E-state index contributed by atoms with van der Waals surface area (Å²) in [6, 6.07) is 22.9. The number of aryl methyl sites for hydroxylation is 2. The van der Waals surface area contributed by atoms with Crippen LogP contribution in [0.25, 0.3) is 32.6 Å². The van der Waals surface area contributed by atoms with E-state index in [-0.39, 0.29) is 6.04 Å². The molecule has 0 aliphatic rings. The Morgan fingerprint density at radius 2 is 1.79 bits per heavy atom. The van der Waals surface area contributed by atoms with Gasteiger partial charge in [0, 0.05) is 34.0 Å². The second-order valence-electron chi connectivity index (χ2n) is 8.57. The molecule has 0 amide bonds. The average Bonchev–Trinajstić information content (AvgIpc) is 3.41. The molecule has 5 N–H and O–H groups in total. The molecule has 5 nitrogen and oxygen atoms in total. The zero-order chi connectivity index (χ0) is 22.9. The van der Waals surface area contributed by atoms with E-state index >= 15 is 0 Å². The third-order valence-electron chi connectivity index (χ3n) is 5.96. The summed E-state index contributed by atoms with van der Waals surface area (Å²) in [4.78, 5) is 7.46. The zero-order valence-corrected chi connectivity index (χ0v) is 19.6. The van der Waals surface area contributed by atoms with E-state index in [4.69, 9.17) is 16.5 Å². The molecular weight excluding hydrogens is 426 g/mol. The van der Waals surface area contributed by atoms with Gasteiger partial charge in [-0.05, 0) is 61.7 Å². The molecule has 0 unspecified atom stereocenters. The van der Waals surface area contributed by atoms with Gasteiger partial charge < -0.3 is 11.5 Å². The molecule has 0 aliphatic heterocycles. The fourth-order valence-electron chi connectivity index (χ4n) is 4.24. The minimum absolute atomic E-state index is 0.0594. The molecule has 0 bridgehead atoms. The number of anilines is 1. The van der Waals surface area contributed by atoms with E-state index in [1.54, 1.807) is 11.3 Å². The predicted octanol–water partition coefficient (Wildman–Crippen LogP) is 5.66. The lowest BCUT2D eigenvalue weighted by molar-refractivity contribution is 0.656. The Morgan fingerprint density at radius 1 is 0.970 bits per heavy atom. The van der Waals surface area contributed by atoms with Gasteiger partial charge in [-0.3, -0.25) is 5.10 Å². The average molecular weight is 454 g/mol. The Hall–Kier alpha value is -3.48. The van der Waals surface area contributed by atoms with E-state index in [0.29, 0.717) is 12.1 Å². The summed E-state index contributed by atoms with van der Waals surface area (Å²) < 4.78 is 0. The Balaban J connectivity index is 1.56. The highest BCUT2D eigenvalue weighted by molar-refractivity contribution is 7.15.